The number of nitrogens with zero attached hydrogens (tertiary/aromatic N) is 3. The van der Waals surface area contributed by atoms with Crippen molar-refractivity contribution >= 4 is 5.65 Å². The first-order valence-corrected chi connectivity index (χ1v) is 5.04. The average molecular weight is 204 g/mol. The van der Waals surface area contributed by atoms with Crippen molar-refractivity contribution in [3.05, 3.63) is 30.2 Å². The number of hydrogen-bond acceptors (Lipinski definition) is 4. The zero-order chi connectivity index (χ0) is 10.1. The van der Waals surface area contributed by atoms with E-state index in [1.54, 1.807) is 10.7 Å². The minimum atomic E-state index is 0.236. The zero-order valence-electron chi connectivity index (χ0n) is 8.26. The standard InChI is InChI=1S/C10H12N4O/c1-2-13-14-6-8(5-12-10(1)14)9-7-15-4-3-11-9/h1-2,5-6,9,11H,3-4,7H2. The number of ether oxygens (including phenoxy) is 1. The van der Waals surface area contributed by atoms with Crippen molar-refractivity contribution in [3.63, 3.8) is 0 Å². The molecule has 2 aromatic heterocycles. The van der Waals surface area contributed by atoms with Gasteiger partial charge in [-0.05, 0) is 0 Å². The van der Waals surface area contributed by atoms with Crippen molar-refractivity contribution < 1.29 is 4.74 Å². The third kappa shape index (κ3) is 1.60. The van der Waals surface area contributed by atoms with Gasteiger partial charge in [-0.3, -0.25) is 0 Å². The number of rotatable bonds is 1. The normalized spacial score (nSPS) is 22.0. The van der Waals surface area contributed by atoms with Gasteiger partial charge in [-0.2, -0.15) is 5.10 Å². The molecule has 0 spiro atoms. The Morgan fingerprint density at radius 3 is 3.40 bits per heavy atom. The van der Waals surface area contributed by atoms with Crippen LogP contribution in [0.1, 0.15) is 11.6 Å². The smallest absolute Gasteiger partial charge is 0.154 e. The van der Waals surface area contributed by atoms with Gasteiger partial charge in [0, 0.05) is 30.6 Å². The van der Waals surface area contributed by atoms with E-state index in [0.717, 1.165) is 24.4 Å². The van der Waals surface area contributed by atoms with Crippen molar-refractivity contribution in [3.8, 4) is 0 Å². The summed E-state index contributed by atoms with van der Waals surface area (Å²) < 4.78 is 7.19. The Bertz CT molecular complexity index is 461. The van der Waals surface area contributed by atoms with Crippen LogP contribution in [0.15, 0.2) is 24.7 Å². The predicted molar refractivity (Wildman–Crippen MR) is 54.5 cm³/mol. The van der Waals surface area contributed by atoms with Gasteiger partial charge in [0.25, 0.3) is 0 Å². The van der Waals surface area contributed by atoms with E-state index in [-0.39, 0.29) is 6.04 Å². The molecule has 0 radical (unpaired) electrons. The Morgan fingerprint density at radius 2 is 2.53 bits per heavy atom. The second kappa shape index (κ2) is 3.60. The summed E-state index contributed by atoms with van der Waals surface area (Å²) in [7, 11) is 0. The van der Waals surface area contributed by atoms with E-state index in [1.165, 1.54) is 0 Å². The van der Waals surface area contributed by atoms with Crippen molar-refractivity contribution in [1.29, 1.82) is 0 Å². The van der Waals surface area contributed by atoms with Gasteiger partial charge in [0.05, 0.1) is 25.5 Å². The molecular formula is C10H12N4O. The third-order valence-corrected chi connectivity index (χ3v) is 2.59. The van der Waals surface area contributed by atoms with Crippen LogP contribution in [0.4, 0.5) is 0 Å². The summed E-state index contributed by atoms with van der Waals surface area (Å²) in [5, 5.41) is 7.55. The molecule has 2 aromatic rings. The number of nitrogens with one attached hydrogen (secondary N) is 1. The van der Waals surface area contributed by atoms with Crippen LogP contribution in [0.25, 0.3) is 5.65 Å². The van der Waals surface area contributed by atoms with Crippen LogP contribution >= 0.6 is 0 Å². The molecule has 0 saturated carbocycles. The molecule has 15 heavy (non-hydrogen) atoms. The van der Waals surface area contributed by atoms with E-state index in [2.05, 4.69) is 15.4 Å². The van der Waals surface area contributed by atoms with Crippen LogP contribution in [0.5, 0.6) is 0 Å². The molecule has 1 fully saturated rings. The molecule has 78 valence electrons. The van der Waals surface area contributed by atoms with Crippen molar-refractivity contribution in [2.75, 3.05) is 19.8 Å². The number of hydrogen-bond donors (Lipinski definition) is 1. The van der Waals surface area contributed by atoms with Crippen LogP contribution in [-0.2, 0) is 4.74 Å². The Labute approximate surface area is 87.1 Å². The van der Waals surface area contributed by atoms with Gasteiger partial charge in [-0.15, -0.1) is 0 Å². The Morgan fingerprint density at radius 1 is 1.53 bits per heavy atom. The van der Waals surface area contributed by atoms with Crippen molar-refractivity contribution in [2.24, 2.45) is 0 Å². The van der Waals surface area contributed by atoms with Gasteiger partial charge < -0.3 is 10.1 Å². The van der Waals surface area contributed by atoms with Gasteiger partial charge in [0.2, 0.25) is 0 Å². The second-order valence-electron chi connectivity index (χ2n) is 3.60. The second-order valence-corrected chi connectivity index (χ2v) is 3.60. The SMILES string of the molecule is c1cc2ncc(C3COCCN3)cn2n1. The van der Waals surface area contributed by atoms with Crippen molar-refractivity contribution in [1.82, 2.24) is 19.9 Å². The summed E-state index contributed by atoms with van der Waals surface area (Å²) in [6.45, 7) is 2.38. The first-order chi connectivity index (χ1) is 7.43. The van der Waals surface area contributed by atoms with Crippen LogP contribution in [0.3, 0.4) is 0 Å². The molecule has 1 aliphatic heterocycles. The lowest BCUT2D eigenvalue weighted by Crippen LogP contribution is -2.34. The summed E-state index contributed by atoms with van der Waals surface area (Å²) in [5.41, 5.74) is 1.99. The maximum absolute atomic E-state index is 5.41. The van der Waals surface area contributed by atoms with Crippen LogP contribution in [0.2, 0.25) is 0 Å². The summed E-state index contributed by atoms with van der Waals surface area (Å²) in [4.78, 5) is 4.32. The van der Waals surface area contributed by atoms with E-state index >= 15 is 0 Å². The highest BCUT2D eigenvalue weighted by molar-refractivity contribution is 5.36. The topological polar surface area (TPSA) is 51.5 Å². The maximum atomic E-state index is 5.41. The third-order valence-electron chi connectivity index (χ3n) is 2.59. The van der Waals surface area contributed by atoms with Crippen LogP contribution in [-0.4, -0.2) is 34.4 Å². The van der Waals surface area contributed by atoms with Gasteiger partial charge in [-0.25, -0.2) is 9.50 Å². The molecule has 1 atom stereocenters. The summed E-state index contributed by atoms with van der Waals surface area (Å²) in [5.74, 6) is 0. The lowest BCUT2D eigenvalue weighted by molar-refractivity contribution is 0.0766. The van der Waals surface area contributed by atoms with E-state index in [4.69, 9.17) is 4.74 Å². The van der Waals surface area contributed by atoms with Gasteiger partial charge in [-0.1, -0.05) is 0 Å². The fourth-order valence-electron chi connectivity index (χ4n) is 1.78. The number of aromatic nitrogens is 3. The highest BCUT2D eigenvalue weighted by Crippen LogP contribution is 2.14. The Kier molecular flexibility index (Phi) is 2.12. The van der Waals surface area contributed by atoms with Crippen LogP contribution < -0.4 is 5.32 Å². The lowest BCUT2D eigenvalue weighted by atomic mass is 10.1. The van der Waals surface area contributed by atoms with E-state index in [9.17, 15) is 0 Å². The first kappa shape index (κ1) is 8.82. The quantitative estimate of drug-likeness (QED) is 0.730. The molecular weight excluding hydrogens is 192 g/mol. The number of fused-ring (bicyclic) bond motifs is 1. The predicted octanol–water partition coefficient (Wildman–Crippen LogP) is 0.390. The Hall–Kier alpha value is -1.46. The molecule has 3 heterocycles. The van der Waals surface area contributed by atoms with Gasteiger partial charge in [0.1, 0.15) is 0 Å². The molecule has 5 nitrogen and oxygen atoms in total. The lowest BCUT2D eigenvalue weighted by Gasteiger charge is -2.23. The zero-order valence-corrected chi connectivity index (χ0v) is 8.26. The summed E-state index contributed by atoms with van der Waals surface area (Å²) in [6.07, 6.45) is 5.62. The average Bonchev–Trinajstić information content (AvgIpc) is 2.77. The molecule has 1 unspecified atom stereocenters. The monoisotopic (exact) mass is 204 g/mol. The van der Waals surface area contributed by atoms with Gasteiger partial charge >= 0.3 is 0 Å². The Balaban J connectivity index is 1.95. The molecule has 0 bridgehead atoms. The minimum Gasteiger partial charge on any atom is -0.378 e. The minimum absolute atomic E-state index is 0.236. The van der Waals surface area contributed by atoms with E-state index in [0.29, 0.717) is 6.61 Å². The maximum Gasteiger partial charge on any atom is 0.154 e. The molecule has 0 aromatic carbocycles. The molecule has 0 aliphatic carbocycles. The summed E-state index contributed by atoms with van der Waals surface area (Å²) >= 11 is 0. The largest absolute Gasteiger partial charge is 0.378 e. The molecule has 1 N–H and O–H groups in total. The van der Waals surface area contributed by atoms with Gasteiger partial charge in [0.15, 0.2) is 5.65 Å². The highest BCUT2D eigenvalue weighted by Gasteiger charge is 2.15. The number of morpholine rings is 1. The fourth-order valence-corrected chi connectivity index (χ4v) is 1.78. The summed E-state index contributed by atoms with van der Waals surface area (Å²) in [6, 6.07) is 2.12. The highest BCUT2D eigenvalue weighted by atomic mass is 16.5. The molecule has 1 saturated heterocycles. The first-order valence-electron chi connectivity index (χ1n) is 5.04. The van der Waals surface area contributed by atoms with Crippen molar-refractivity contribution in [2.45, 2.75) is 6.04 Å². The molecule has 0 amide bonds. The fraction of sp³-hybridized carbons (Fsp3) is 0.400. The van der Waals surface area contributed by atoms with Crippen LogP contribution in [0, 0.1) is 0 Å². The molecule has 5 heteroatoms. The van der Waals surface area contributed by atoms with E-state index in [1.807, 2.05) is 18.5 Å². The molecule has 3 rings (SSSR count). The van der Waals surface area contributed by atoms with E-state index < -0.39 is 0 Å². The molecule has 1 aliphatic rings.